The van der Waals surface area contributed by atoms with Gasteiger partial charge in [0.1, 0.15) is 5.69 Å². The zero-order valence-electron chi connectivity index (χ0n) is 8.98. The molecule has 0 unspecified atom stereocenters. The Morgan fingerprint density at radius 1 is 1.47 bits per heavy atom. The number of H-pyrrole nitrogens is 1. The Morgan fingerprint density at radius 2 is 2.29 bits per heavy atom. The second kappa shape index (κ2) is 3.28. The molecule has 0 aliphatic carbocycles. The van der Waals surface area contributed by atoms with Crippen molar-refractivity contribution in [1.82, 2.24) is 4.98 Å². The predicted octanol–water partition coefficient (Wildman–Crippen LogP) is 2.62. The van der Waals surface area contributed by atoms with E-state index in [1.807, 2.05) is 12.1 Å². The van der Waals surface area contributed by atoms with Crippen LogP contribution in [0.25, 0.3) is 22.1 Å². The molecule has 0 saturated heterocycles. The number of fused-ring (bicyclic) bond motifs is 3. The number of ether oxygens (including phenoxy) is 1. The van der Waals surface area contributed by atoms with Crippen LogP contribution in [0.15, 0.2) is 28.7 Å². The van der Waals surface area contributed by atoms with Gasteiger partial charge in [-0.2, -0.15) is 0 Å². The van der Waals surface area contributed by atoms with Gasteiger partial charge in [-0.25, -0.2) is 4.79 Å². The lowest BCUT2D eigenvalue weighted by molar-refractivity contribution is 0.0691. The van der Waals surface area contributed by atoms with Crippen molar-refractivity contribution in [3.8, 4) is 5.75 Å². The van der Waals surface area contributed by atoms with Crippen LogP contribution in [0.1, 0.15) is 10.5 Å². The highest BCUT2D eigenvalue weighted by atomic mass is 16.5. The molecule has 5 heteroatoms. The van der Waals surface area contributed by atoms with Gasteiger partial charge in [0.15, 0.2) is 16.9 Å². The van der Waals surface area contributed by atoms with Crippen LogP contribution < -0.4 is 4.74 Å². The maximum atomic E-state index is 10.8. The molecule has 0 aliphatic rings. The lowest BCUT2D eigenvalue weighted by Gasteiger charge is -1.98. The van der Waals surface area contributed by atoms with Gasteiger partial charge in [-0.15, -0.1) is 0 Å². The molecule has 0 atom stereocenters. The number of carboxylic acid groups (broad SMARTS) is 1. The zero-order valence-corrected chi connectivity index (χ0v) is 8.98. The molecular weight excluding hydrogens is 222 g/mol. The van der Waals surface area contributed by atoms with E-state index in [0.29, 0.717) is 22.4 Å². The van der Waals surface area contributed by atoms with Gasteiger partial charge >= 0.3 is 5.97 Å². The van der Waals surface area contributed by atoms with E-state index in [1.54, 1.807) is 13.2 Å². The van der Waals surface area contributed by atoms with Gasteiger partial charge < -0.3 is 19.2 Å². The molecule has 0 aliphatic heterocycles. The van der Waals surface area contributed by atoms with Crippen molar-refractivity contribution in [2.75, 3.05) is 7.11 Å². The number of aromatic amines is 1. The maximum Gasteiger partial charge on any atom is 0.352 e. The van der Waals surface area contributed by atoms with Crippen molar-refractivity contribution in [2.45, 2.75) is 0 Å². The SMILES string of the molecule is COc1cccc2c1oc1cc(C(=O)O)[nH]c12. The third-order valence-electron chi connectivity index (χ3n) is 2.69. The van der Waals surface area contributed by atoms with E-state index in [4.69, 9.17) is 14.3 Å². The number of nitrogens with one attached hydrogen (secondary N) is 1. The second-order valence-corrected chi connectivity index (χ2v) is 3.67. The molecule has 0 spiro atoms. The molecule has 0 radical (unpaired) electrons. The first-order valence-corrected chi connectivity index (χ1v) is 5.02. The molecular formula is C12H9NO4. The summed E-state index contributed by atoms with van der Waals surface area (Å²) >= 11 is 0. The van der Waals surface area contributed by atoms with Gasteiger partial charge in [0.25, 0.3) is 0 Å². The van der Waals surface area contributed by atoms with Crippen LogP contribution in [-0.2, 0) is 0 Å². The second-order valence-electron chi connectivity index (χ2n) is 3.67. The summed E-state index contributed by atoms with van der Waals surface area (Å²) in [4.78, 5) is 13.7. The summed E-state index contributed by atoms with van der Waals surface area (Å²) in [6, 6.07) is 6.95. The number of hydrogen-bond acceptors (Lipinski definition) is 3. The fraction of sp³-hybridized carbons (Fsp3) is 0.0833. The number of aromatic carboxylic acids is 1. The first-order chi connectivity index (χ1) is 8.20. The van der Waals surface area contributed by atoms with Gasteiger partial charge in [-0.3, -0.25) is 0 Å². The van der Waals surface area contributed by atoms with E-state index in [-0.39, 0.29) is 5.69 Å². The number of hydrogen-bond donors (Lipinski definition) is 2. The summed E-state index contributed by atoms with van der Waals surface area (Å²) in [5, 5.41) is 9.69. The quantitative estimate of drug-likeness (QED) is 0.710. The maximum absolute atomic E-state index is 10.8. The molecule has 0 bridgehead atoms. The highest BCUT2D eigenvalue weighted by molar-refractivity contribution is 6.07. The average molecular weight is 231 g/mol. The lowest BCUT2D eigenvalue weighted by Crippen LogP contribution is -1.95. The number of benzene rings is 1. The summed E-state index contributed by atoms with van der Waals surface area (Å²) in [6.45, 7) is 0. The van der Waals surface area contributed by atoms with Crippen LogP contribution in [0.2, 0.25) is 0 Å². The topological polar surface area (TPSA) is 75.5 Å². The minimum atomic E-state index is -1.01. The van der Waals surface area contributed by atoms with Crippen molar-refractivity contribution < 1.29 is 19.1 Å². The summed E-state index contributed by atoms with van der Waals surface area (Å²) in [5.41, 5.74) is 1.93. The third-order valence-corrected chi connectivity index (χ3v) is 2.69. The van der Waals surface area contributed by atoms with Crippen molar-refractivity contribution >= 4 is 28.0 Å². The first-order valence-electron chi connectivity index (χ1n) is 5.02. The van der Waals surface area contributed by atoms with Crippen LogP contribution in [0.4, 0.5) is 0 Å². The number of aromatic nitrogens is 1. The van der Waals surface area contributed by atoms with Crippen LogP contribution >= 0.6 is 0 Å². The molecule has 3 rings (SSSR count). The number of methoxy groups -OCH3 is 1. The Morgan fingerprint density at radius 3 is 3.00 bits per heavy atom. The number of rotatable bonds is 2. The molecule has 0 saturated carbocycles. The van der Waals surface area contributed by atoms with E-state index >= 15 is 0 Å². The zero-order chi connectivity index (χ0) is 12.0. The molecule has 2 N–H and O–H groups in total. The smallest absolute Gasteiger partial charge is 0.352 e. The van der Waals surface area contributed by atoms with E-state index in [1.165, 1.54) is 6.07 Å². The molecule has 2 aromatic heterocycles. The summed E-state index contributed by atoms with van der Waals surface area (Å²) in [5.74, 6) is -0.378. The van der Waals surface area contributed by atoms with Crippen molar-refractivity contribution in [3.05, 3.63) is 30.0 Å². The number of carbonyl (C=O) groups is 1. The van der Waals surface area contributed by atoms with Crippen molar-refractivity contribution in [2.24, 2.45) is 0 Å². The molecule has 86 valence electrons. The highest BCUT2D eigenvalue weighted by Gasteiger charge is 2.15. The molecule has 0 fully saturated rings. The van der Waals surface area contributed by atoms with Crippen molar-refractivity contribution in [1.29, 1.82) is 0 Å². The highest BCUT2D eigenvalue weighted by Crippen LogP contribution is 2.34. The standard InChI is InChI=1S/C12H9NO4/c1-16-8-4-2-3-6-10-9(17-11(6)8)5-7(13-10)12(14)15/h2-5,13H,1H3,(H,14,15). The minimum absolute atomic E-state index is 0.114. The van der Waals surface area contributed by atoms with E-state index < -0.39 is 5.97 Å². The van der Waals surface area contributed by atoms with E-state index in [2.05, 4.69) is 4.98 Å². The van der Waals surface area contributed by atoms with Gasteiger partial charge in [0.05, 0.1) is 12.6 Å². The lowest BCUT2D eigenvalue weighted by atomic mass is 10.2. The number of furan rings is 1. The summed E-state index contributed by atoms with van der Waals surface area (Å²) in [7, 11) is 1.56. The van der Waals surface area contributed by atoms with Crippen molar-refractivity contribution in [3.63, 3.8) is 0 Å². The minimum Gasteiger partial charge on any atom is -0.493 e. The van der Waals surface area contributed by atoms with Gasteiger partial charge in [-0.1, -0.05) is 6.07 Å². The molecule has 17 heavy (non-hydrogen) atoms. The van der Waals surface area contributed by atoms with Crippen LogP contribution in [0, 0.1) is 0 Å². The van der Waals surface area contributed by atoms with E-state index in [0.717, 1.165) is 5.39 Å². The largest absolute Gasteiger partial charge is 0.493 e. The molecule has 0 amide bonds. The molecule has 5 nitrogen and oxygen atoms in total. The summed E-state index contributed by atoms with van der Waals surface area (Å²) < 4.78 is 10.8. The van der Waals surface area contributed by atoms with Crippen LogP contribution in [0.3, 0.4) is 0 Å². The monoisotopic (exact) mass is 231 g/mol. The van der Waals surface area contributed by atoms with E-state index in [9.17, 15) is 4.79 Å². The molecule has 1 aromatic carbocycles. The molecule has 2 heterocycles. The number of para-hydroxylation sites is 1. The average Bonchev–Trinajstić information content (AvgIpc) is 2.85. The third kappa shape index (κ3) is 1.29. The number of carboxylic acids is 1. The van der Waals surface area contributed by atoms with Gasteiger partial charge in [-0.05, 0) is 12.1 Å². The van der Waals surface area contributed by atoms with Gasteiger partial charge in [0, 0.05) is 11.5 Å². The molecule has 3 aromatic rings. The Labute approximate surface area is 95.6 Å². The Kier molecular flexibility index (Phi) is 1.89. The fourth-order valence-electron chi connectivity index (χ4n) is 1.92. The first kappa shape index (κ1) is 9.77. The Hall–Kier alpha value is -2.43. The Bertz CT molecular complexity index is 723. The fourth-order valence-corrected chi connectivity index (χ4v) is 1.92. The summed E-state index contributed by atoms with van der Waals surface area (Å²) in [6.07, 6.45) is 0. The van der Waals surface area contributed by atoms with Gasteiger partial charge in [0.2, 0.25) is 0 Å². The predicted molar refractivity (Wildman–Crippen MR) is 61.6 cm³/mol. The van der Waals surface area contributed by atoms with Crippen LogP contribution in [0.5, 0.6) is 5.75 Å². The normalized spacial score (nSPS) is 11.1. The van der Waals surface area contributed by atoms with Crippen LogP contribution in [-0.4, -0.2) is 23.2 Å². The Balaban J connectivity index is 2.38.